The molecule has 0 aliphatic carbocycles. The predicted molar refractivity (Wildman–Crippen MR) is 39.3 cm³/mol. The summed E-state index contributed by atoms with van der Waals surface area (Å²) in [5, 5.41) is 11.9. The fourth-order valence-corrected chi connectivity index (χ4v) is 0.440. The van der Waals surface area contributed by atoms with Crippen LogP contribution in [-0.4, -0.2) is 23.8 Å². The van der Waals surface area contributed by atoms with Gasteiger partial charge in [0.15, 0.2) is 0 Å². The molecule has 0 amide bonds. The van der Waals surface area contributed by atoms with Crippen LogP contribution in [0.3, 0.4) is 0 Å². The molecular weight excluding hydrogens is 114 g/mol. The van der Waals surface area contributed by atoms with Crippen molar-refractivity contribution in [3.05, 3.63) is 12.7 Å². The van der Waals surface area contributed by atoms with Crippen molar-refractivity contribution in [3.8, 4) is 0 Å². The van der Waals surface area contributed by atoms with Gasteiger partial charge in [-0.05, 0) is 13.8 Å². The Hall–Kier alpha value is -0.340. The maximum absolute atomic E-state index is 8.80. The molecule has 0 fully saturated rings. The Morgan fingerprint density at radius 3 is 2.56 bits per heavy atom. The van der Waals surface area contributed by atoms with Gasteiger partial charge in [-0.15, -0.1) is 6.58 Å². The van der Waals surface area contributed by atoms with E-state index >= 15 is 0 Å². The van der Waals surface area contributed by atoms with E-state index in [1.165, 1.54) is 0 Å². The minimum Gasteiger partial charge on any atom is -0.392 e. The van der Waals surface area contributed by atoms with Gasteiger partial charge in [0.2, 0.25) is 0 Å². The lowest BCUT2D eigenvalue weighted by Gasteiger charge is -2.09. The maximum atomic E-state index is 8.80. The van der Waals surface area contributed by atoms with E-state index in [9.17, 15) is 0 Å². The topological polar surface area (TPSA) is 32.3 Å². The van der Waals surface area contributed by atoms with Crippen molar-refractivity contribution in [1.82, 2.24) is 5.32 Å². The van der Waals surface area contributed by atoms with Crippen LogP contribution in [-0.2, 0) is 0 Å². The average Bonchev–Trinajstić information content (AvgIpc) is 1.83. The highest BCUT2D eigenvalue weighted by atomic mass is 16.3. The van der Waals surface area contributed by atoms with E-state index in [0.29, 0.717) is 12.6 Å². The summed E-state index contributed by atoms with van der Waals surface area (Å²) in [5.74, 6) is 0. The molecule has 0 saturated carbocycles. The van der Waals surface area contributed by atoms with Crippen LogP contribution in [0, 0.1) is 0 Å². The van der Waals surface area contributed by atoms with Crippen LogP contribution in [0.5, 0.6) is 0 Å². The first-order valence-electron chi connectivity index (χ1n) is 3.20. The quantitative estimate of drug-likeness (QED) is 0.543. The fourth-order valence-electron chi connectivity index (χ4n) is 0.440. The van der Waals surface area contributed by atoms with Crippen molar-refractivity contribution in [2.75, 3.05) is 6.54 Å². The highest BCUT2D eigenvalue weighted by Gasteiger charge is 1.96. The number of hydrogen-bond acceptors (Lipinski definition) is 2. The predicted octanol–water partition coefficient (Wildman–Crippen LogP) is 0.531. The van der Waals surface area contributed by atoms with Gasteiger partial charge in [0.1, 0.15) is 0 Å². The van der Waals surface area contributed by atoms with Crippen molar-refractivity contribution in [1.29, 1.82) is 0 Å². The van der Waals surface area contributed by atoms with E-state index in [2.05, 4.69) is 11.9 Å². The smallest absolute Gasteiger partial charge is 0.0636 e. The zero-order valence-electron chi connectivity index (χ0n) is 6.09. The molecule has 0 aromatic rings. The van der Waals surface area contributed by atoms with Crippen molar-refractivity contribution in [2.24, 2.45) is 0 Å². The monoisotopic (exact) mass is 129 g/mol. The standard InChI is InChI=1S/C7H15NO/c1-4-6(2)8-5-7(3)9/h4,6-9H,1,5H2,2-3H3/t6?,7-/m0/s1. The molecule has 0 radical (unpaired) electrons. The van der Waals surface area contributed by atoms with Gasteiger partial charge in [-0.25, -0.2) is 0 Å². The Balaban J connectivity index is 3.16. The molecule has 2 heteroatoms. The molecular formula is C7H15NO. The molecule has 0 spiro atoms. The van der Waals surface area contributed by atoms with Crippen molar-refractivity contribution in [3.63, 3.8) is 0 Å². The Bertz CT molecular complexity index is 81.0. The molecule has 0 aromatic carbocycles. The molecule has 0 heterocycles. The summed E-state index contributed by atoms with van der Waals surface area (Å²) >= 11 is 0. The number of nitrogens with one attached hydrogen (secondary N) is 1. The van der Waals surface area contributed by atoms with Gasteiger partial charge < -0.3 is 10.4 Å². The lowest BCUT2D eigenvalue weighted by Crippen LogP contribution is -2.30. The van der Waals surface area contributed by atoms with E-state index < -0.39 is 0 Å². The van der Waals surface area contributed by atoms with Crippen molar-refractivity contribution < 1.29 is 5.11 Å². The third-order valence-electron chi connectivity index (χ3n) is 1.09. The van der Waals surface area contributed by atoms with Gasteiger partial charge >= 0.3 is 0 Å². The summed E-state index contributed by atoms with van der Waals surface area (Å²) < 4.78 is 0. The Morgan fingerprint density at radius 2 is 2.22 bits per heavy atom. The van der Waals surface area contributed by atoms with Crippen LogP contribution in [0.4, 0.5) is 0 Å². The summed E-state index contributed by atoms with van der Waals surface area (Å²) in [6.07, 6.45) is 1.54. The van der Waals surface area contributed by atoms with Crippen LogP contribution in [0.25, 0.3) is 0 Å². The number of rotatable bonds is 4. The van der Waals surface area contributed by atoms with Crippen LogP contribution in [0.1, 0.15) is 13.8 Å². The molecule has 2 nitrogen and oxygen atoms in total. The lowest BCUT2D eigenvalue weighted by molar-refractivity contribution is 0.189. The second-order valence-electron chi connectivity index (χ2n) is 2.28. The van der Waals surface area contributed by atoms with E-state index in [4.69, 9.17) is 5.11 Å². The van der Waals surface area contributed by atoms with Crippen molar-refractivity contribution in [2.45, 2.75) is 26.0 Å². The summed E-state index contributed by atoms with van der Waals surface area (Å²) in [5.41, 5.74) is 0. The molecule has 2 atom stereocenters. The third kappa shape index (κ3) is 5.53. The van der Waals surface area contributed by atoms with Crippen LogP contribution < -0.4 is 5.32 Å². The summed E-state index contributed by atoms with van der Waals surface area (Å²) in [4.78, 5) is 0. The molecule has 0 bridgehead atoms. The lowest BCUT2D eigenvalue weighted by atomic mass is 10.3. The van der Waals surface area contributed by atoms with Gasteiger partial charge in [-0.2, -0.15) is 0 Å². The first kappa shape index (κ1) is 8.66. The molecule has 0 aromatic heterocycles. The minimum atomic E-state index is -0.271. The van der Waals surface area contributed by atoms with E-state index in [0.717, 1.165) is 0 Å². The average molecular weight is 129 g/mol. The van der Waals surface area contributed by atoms with Crippen molar-refractivity contribution >= 4 is 0 Å². The second kappa shape index (κ2) is 4.53. The van der Waals surface area contributed by atoms with E-state index in [1.807, 2.05) is 13.0 Å². The number of hydrogen-bond donors (Lipinski definition) is 2. The largest absolute Gasteiger partial charge is 0.392 e. The van der Waals surface area contributed by atoms with Crippen LogP contribution in [0.2, 0.25) is 0 Å². The molecule has 2 N–H and O–H groups in total. The number of aliphatic hydroxyl groups is 1. The molecule has 0 aliphatic rings. The fraction of sp³-hybridized carbons (Fsp3) is 0.714. The Labute approximate surface area is 56.6 Å². The highest BCUT2D eigenvalue weighted by molar-refractivity contribution is 4.81. The summed E-state index contributed by atoms with van der Waals surface area (Å²) in [6, 6.07) is 0.291. The van der Waals surface area contributed by atoms with Gasteiger partial charge in [-0.3, -0.25) is 0 Å². The summed E-state index contributed by atoms with van der Waals surface area (Å²) in [6.45, 7) is 7.97. The minimum absolute atomic E-state index is 0.271. The summed E-state index contributed by atoms with van der Waals surface area (Å²) in [7, 11) is 0. The highest BCUT2D eigenvalue weighted by Crippen LogP contribution is 1.82. The Morgan fingerprint density at radius 1 is 1.67 bits per heavy atom. The van der Waals surface area contributed by atoms with Crippen LogP contribution in [0.15, 0.2) is 12.7 Å². The normalized spacial score (nSPS) is 16.8. The SMILES string of the molecule is C=CC(C)NC[C@H](C)O. The van der Waals surface area contributed by atoms with E-state index in [1.54, 1.807) is 6.92 Å². The third-order valence-corrected chi connectivity index (χ3v) is 1.09. The van der Waals surface area contributed by atoms with E-state index in [-0.39, 0.29) is 6.10 Å². The second-order valence-corrected chi connectivity index (χ2v) is 2.28. The molecule has 1 unspecified atom stereocenters. The molecule has 0 saturated heterocycles. The molecule has 0 rings (SSSR count). The molecule has 0 aliphatic heterocycles. The zero-order valence-corrected chi connectivity index (χ0v) is 6.09. The zero-order chi connectivity index (χ0) is 7.28. The van der Waals surface area contributed by atoms with Gasteiger partial charge in [-0.1, -0.05) is 6.08 Å². The van der Waals surface area contributed by atoms with Gasteiger partial charge in [0.25, 0.3) is 0 Å². The van der Waals surface area contributed by atoms with Crippen LogP contribution >= 0.6 is 0 Å². The van der Waals surface area contributed by atoms with Gasteiger partial charge in [0, 0.05) is 12.6 Å². The Kier molecular flexibility index (Phi) is 4.36. The first-order valence-corrected chi connectivity index (χ1v) is 3.20. The maximum Gasteiger partial charge on any atom is 0.0636 e. The molecule has 54 valence electrons. The first-order chi connectivity index (χ1) is 4.16. The van der Waals surface area contributed by atoms with Gasteiger partial charge in [0.05, 0.1) is 6.10 Å². The molecule has 9 heavy (non-hydrogen) atoms. The number of aliphatic hydroxyl groups excluding tert-OH is 1.